The van der Waals surface area contributed by atoms with E-state index in [0.29, 0.717) is 18.2 Å². The molecule has 4 heteroatoms. The van der Waals surface area contributed by atoms with Crippen molar-refractivity contribution in [3.05, 3.63) is 23.3 Å². The molecule has 3 rings (SSSR count). The SMILES string of the molecule is Cc1cc(N2CC(C)OC(C)C2)c(C)cc1NCC1CCC(N)CC1. The van der Waals surface area contributed by atoms with Gasteiger partial charge in [0, 0.05) is 37.1 Å². The van der Waals surface area contributed by atoms with Crippen molar-refractivity contribution in [1.82, 2.24) is 0 Å². The zero-order valence-corrected chi connectivity index (χ0v) is 16.3. The van der Waals surface area contributed by atoms with Crippen molar-refractivity contribution in [3.8, 4) is 0 Å². The molecule has 1 heterocycles. The van der Waals surface area contributed by atoms with Crippen molar-refractivity contribution in [3.63, 3.8) is 0 Å². The van der Waals surface area contributed by atoms with E-state index in [0.717, 1.165) is 25.6 Å². The van der Waals surface area contributed by atoms with E-state index < -0.39 is 0 Å². The molecule has 0 amide bonds. The monoisotopic (exact) mass is 345 g/mol. The molecular weight excluding hydrogens is 310 g/mol. The lowest BCUT2D eigenvalue weighted by Crippen LogP contribution is -2.45. The van der Waals surface area contributed by atoms with Crippen LogP contribution >= 0.6 is 0 Å². The number of ether oxygens (including phenoxy) is 1. The lowest BCUT2D eigenvalue weighted by Gasteiger charge is -2.38. The van der Waals surface area contributed by atoms with Gasteiger partial charge >= 0.3 is 0 Å². The van der Waals surface area contributed by atoms with Gasteiger partial charge in [0.25, 0.3) is 0 Å². The maximum absolute atomic E-state index is 6.02. The third kappa shape index (κ3) is 4.68. The Morgan fingerprint density at radius 1 is 1.04 bits per heavy atom. The first-order valence-electron chi connectivity index (χ1n) is 9.93. The van der Waals surface area contributed by atoms with E-state index in [9.17, 15) is 0 Å². The van der Waals surface area contributed by atoms with Crippen LogP contribution in [-0.2, 0) is 4.74 Å². The Balaban J connectivity index is 1.65. The molecule has 1 aromatic rings. The van der Waals surface area contributed by atoms with Crippen LogP contribution in [0, 0.1) is 19.8 Å². The molecule has 3 N–H and O–H groups in total. The van der Waals surface area contributed by atoms with E-state index in [-0.39, 0.29) is 0 Å². The number of hydrogen-bond donors (Lipinski definition) is 2. The molecule has 1 aliphatic heterocycles. The Labute approximate surface area is 153 Å². The molecule has 0 spiro atoms. The molecule has 1 saturated carbocycles. The number of anilines is 2. The number of benzene rings is 1. The first-order chi connectivity index (χ1) is 11.9. The standard InChI is InChI=1S/C21H35N3O/c1-14-10-21(24-12-16(3)25-17(4)13-24)15(2)9-20(14)23-11-18-5-7-19(22)8-6-18/h9-10,16-19,23H,5-8,11-13,22H2,1-4H3. The molecule has 1 aromatic carbocycles. The first kappa shape index (κ1) is 18.5. The van der Waals surface area contributed by atoms with Gasteiger partial charge in [0.15, 0.2) is 0 Å². The van der Waals surface area contributed by atoms with Gasteiger partial charge in [-0.3, -0.25) is 0 Å². The molecule has 1 saturated heterocycles. The molecule has 2 fully saturated rings. The zero-order chi connectivity index (χ0) is 18.0. The fraction of sp³-hybridized carbons (Fsp3) is 0.714. The summed E-state index contributed by atoms with van der Waals surface area (Å²) in [6.45, 7) is 11.8. The van der Waals surface area contributed by atoms with Gasteiger partial charge in [-0.15, -0.1) is 0 Å². The maximum atomic E-state index is 6.02. The number of nitrogens with two attached hydrogens (primary N) is 1. The maximum Gasteiger partial charge on any atom is 0.0726 e. The summed E-state index contributed by atoms with van der Waals surface area (Å²) in [5.41, 5.74) is 11.3. The summed E-state index contributed by atoms with van der Waals surface area (Å²) >= 11 is 0. The molecule has 0 radical (unpaired) electrons. The van der Waals surface area contributed by atoms with Gasteiger partial charge in [-0.1, -0.05) is 0 Å². The second-order valence-corrected chi connectivity index (χ2v) is 8.28. The summed E-state index contributed by atoms with van der Waals surface area (Å²) in [6, 6.07) is 5.10. The van der Waals surface area contributed by atoms with Crippen molar-refractivity contribution < 1.29 is 4.74 Å². The van der Waals surface area contributed by atoms with E-state index >= 15 is 0 Å². The van der Waals surface area contributed by atoms with E-state index in [1.54, 1.807) is 0 Å². The summed E-state index contributed by atoms with van der Waals surface area (Å²) in [6.07, 6.45) is 5.45. The highest BCUT2D eigenvalue weighted by molar-refractivity contribution is 5.65. The Morgan fingerprint density at radius 3 is 2.32 bits per heavy atom. The fourth-order valence-electron chi connectivity index (χ4n) is 4.35. The highest BCUT2D eigenvalue weighted by Crippen LogP contribution is 2.30. The topological polar surface area (TPSA) is 50.5 Å². The second-order valence-electron chi connectivity index (χ2n) is 8.28. The van der Waals surface area contributed by atoms with Crippen LogP contribution in [0.15, 0.2) is 12.1 Å². The van der Waals surface area contributed by atoms with Crippen LogP contribution in [0.1, 0.15) is 50.7 Å². The average molecular weight is 346 g/mol. The van der Waals surface area contributed by atoms with Crippen LogP contribution in [0.5, 0.6) is 0 Å². The minimum Gasteiger partial charge on any atom is -0.385 e. The summed E-state index contributed by atoms with van der Waals surface area (Å²) in [5.74, 6) is 0.764. The van der Waals surface area contributed by atoms with Crippen molar-refractivity contribution in [2.75, 3.05) is 29.9 Å². The van der Waals surface area contributed by atoms with E-state index in [1.807, 2.05) is 0 Å². The second kappa shape index (κ2) is 7.96. The van der Waals surface area contributed by atoms with Crippen molar-refractivity contribution in [2.24, 2.45) is 11.7 Å². The van der Waals surface area contributed by atoms with Gasteiger partial charge in [-0.25, -0.2) is 0 Å². The molecular formula is C21H35N3O. The number of nitrogens with one attached hydrogen (secondary N) is 1. The number of aryl methyl sites for hydroxylation is 2. The molecule has 4 nitrogen and oxygen atoms in total. The molecule has 0 bridgehead atoms. The third-order valence-corrected chi connectivity index (χ3v) is 5.78. The van der Waals surface area contributed by atoms with Crippen molar-refractivity contribution in [2.45, 2.75) is 71.6 Å². The Hall–Kier alpha value is -1.26. The molecule has 1 aliphatic carbocycles. The van der Waals surface area contributed by atoms with Gasteiger partial charge in [-0.2, -0.15) is 0 Å². The van der Waals surface area contributed by atoms with Crippen LogP contribution in [0.25, 0.3) is 0 Å². The van der Waals surface area contributed by atoms with E-state index in [1.165, 1.54) is 48.2 Å². The average Bonchev–Trinajstić information content (AvgIpc) is 2.56. The number of morpholine rings is 1. The first-order valence-corrected chi connectivity index (χ1v) is 9.93. The predicted octanol–water partition coefficient (Wildman–Crippen LogP) is 3.85. The number of hydrogen-bond acceptors (Lipinski definition) is 4. The normalized spacial score (nSPS) is 30.4. The minimum atomic E-state index is 0.291. The minimum absolute atomic E-state index is 0.291. The van der Waals surface area contributed by atoms with Gasteiger partial charge < -0.3 is 20.7 Å². The fourth-order valence-corrected chi connectivity index (χ4v) is 4.35. The lowest BCUT2D eigenvalue weighted by molar-refractivity contribution is -0.00524. The zero-order valence-electron chi connectivity index (χ0n) is 16.3. The van der Waals surface area contributed by atoms with Crippen LogP contribution in [0.3, 0.4) is 0 Å². The van der Waals surface area contributed by atoms with Crippen LogP contribution in [0.4, 0.5) is 11.4 Å². The largest absolute Gasteiger partial charge is 0.385 e. The van der Waals surface area contributed by atoms with Gasteiger partial charge in [0.2, 0.25) is 0 Å². The number of rotatable bonds is 4. The van der Waals surface area contributed by atoms with Crippen LogP contribution in [-0.4, -0.2) is 37.9 Å². The van der Waals surface area contributed by atoms with E-state index in [2.05, 4.69) is 50.0 Å². The van der Waals surface area contributed by atoms with Gasteiger partial charge in [-0.05, 0) is 82.6 Å². The van der Waals surface area contributed by atoms with Gasteiger partial charge in [0.1, 0.15) is 0 Å². The molecule has 140 valence electrons. The van der Waals surface area contributed by atoms with E-state index in [4.69, 9.17) is 10.5 Å². The molecule has 25 heavy (non-hydrogen) atoms. The summed E-state index contributed by atoms with van der Waals surface area (Å²) in [4.78, 5) is 2.48. The van der Waals surface area contributed by atoms with Gasteiger partial charge in [0.05, 0.1) is 12.2 Å². The Morgan fingerprint density at radius 2 is 1.68 bits per heavy atom. The summed E-state index contributed by atoms with van der Waals surface area (Å²) in [5, 5.41) is 3.70. The quantitative estimate of drug-likeness (QED) is 0.870. The molecule has 2 unspecified atom stereocenters. The Kier molecular flexibility index (Phi) is 5.90. The summed E-state index contributed by atoms with van der Waals surface area (Å²) < 4.78 is 5.88. The smallest absolute Gasteiger partial charge is 0.0726 e. The van der Waals surface area contributed by atoms with Crippen LogP contribution in [0.2, 0.25) is 0 Å². The Bertz CT molecular complexity index is 571. The van der Waals surface area contributed by atoms with Crippen LogP contribution < -0.4 is 16.0 Å². The van der Waals surface area contributed by atoms with Crippen molar-refractivity contribution >= 4 is 11.4 Å². The summed E-state index contributed by atoms with van der Waals surface area (Å²) in [7, 11) is 0. The highest BCUT2D eigenvalue weighted by atomic mass is 16.5. The highest BCUT2D eigenvalue weighted by Gasteiger charge is 2.24. The third-order valence-electron chi connectivity index (χ3n) is 5.78. The molecule has 0 aromatic heterocycles. The van der Waals surface area contributed by atoms with Crippen molar-refractivity contribution in [1.29, 1.82) is 0 Å². The lowest BCUT2D eigenvalue weighted by atomic mass is 9.86. The predicted molar refractivity (Wildman–Crippen MR) is 107 cm³/mol. The molecule has 2 aliphatic rings. The number of nitrogens with zero attached hydrogens (tertiary/aromatic N) is 1. The molecule has 2 atom stereocenters.